The van der Waals surface area contributed by atoms with E-state index < -0.39 is 17.8 Å². The van der Waals surface area contributed by atoms with Gasteiger partial charge in [0.05, 0.1) is 18.7 Å². The van der Waals surface area contributed by atoms with Crippen LogP contribution < -0.4 is 5.32 Å². The van der Waals surface area contributed by atoms with Gasteiger partial charge in [-0.05, 0) is 37.5 Å². The van der Waals surface area contributed by atoms with Gasteiger partial charge in [0.25, 0.3) is 0 Å². The number of nitrogens with one attached hydrogen (secondary N) is 1. The van der Waals surface area contributed by atoms with Gasteiger partial charge in [0.1, 0.15) is 6.10 Å². The summed E-state index contributed by atoms with van der Waals surface area (Å²) in [5.74, 6) is 0.742. The van der Waals surface area contributed by atoms with E-state index in [0.29, 0.717) is 25.3 Å². The van der Waals surface area contributed by atoms with Gasteiger partial charge >= 0.3 is 6.18 Å². The molecule has 1 unspecified atom stereocenters. The van der Waals surface area contributed by atoms with Crippen LogP contribution in [0, 0.1) is 0 Å². The summed E-state index contributed by atoms with van der Waals surface area (Å²) in [6.45, 7) is 5.75. The van der Waals surface area contributed by atoms with Crippen molar-refractivity contribution < 1.29 is 22.6 Å². The molecule has 0 amide bonds. The number of unbranched alkanes of at least 4 members (excludes halogenated alkanes) is 1. The average molecular weight is 515 g/mol. The molecular weight excluding hydrogens is 486 g/mol. The van der Waals surface area contributed by atoms with Gasteiger partial charge in [-0.2, -0.15) is 13.2 Å². The molecule has 5 nitrogen and oxygen atoms in total. The van der Waals surface area contributed by atoms with Gasteiger partial charge in [-0.3, -0.25) is 4.99 Å². The van der Waals surface area contributed by atoms with Crippen LogP contribution in [-0.2, 0) is 15.7 Å². The van der Waals surface area contributed by atoms with Gasteiger partial charge in [0.2, 0.25) is 0 Å². The summed E-state index contributed by atoms with van der Waals surface area (Å²) >= 11 is 0. The summed E-state index contributed by atoms with van der Waals surface area (Å²) in [6, 6.07) is 5.34. The molecule has 0 spiro atoms. The number of ether oxygens (including phenoxy) is 2. The Morgan fingerprint density at radius 1 is 1.36 bits per heavy atom. The van der Waals surface area contributed by atoms with Gasteiger partial charge in [0, 0.05) is 33.4 Å². The molecule has 1 aromatic carbocycles. The van der Waals surface area contributed by atoms with E-state index in [9.17, 15) is 13.2 Å². The van der Waals surface area contributed by atoms with E-state index >= 15 is 0 Å². The molecule has 0 aromatic heterocycles. The van der Waals surface area contributed by atoms with E-state index in [0.717, 1.165) is 50.7 Å². The van der Waals surface area contributed by atoms with Crippen molar-refractivity contribution in [1.82, 2.24) is 10.2 Å². The lowest BCUT2D eigenvalue weighted by molar-refractivity contribution is -0.137. The minimum absolute atomic E-state index is 0. The Balaban J connectivity index is 0.00000392. The van der Waals surface area contributed by atoms with Crippen LogP contribution in [0.1, 0.15) is 37.0 Å². The van der Waals surface area contributed by atoms with Crippen LogP contribution in [-0.4, -0.2) is 57.4 Å². The second-order valence-electron chi connectivity index (χ2n) is 6.31. The van der Waals surface area contributed by atoms with Gasteiger partial charge in [-0.15, -0.1) is 24.0 Å². The van der Waals surface area contributed by atoms with Crippen LogP contribution >= 0.6 is 24.0 Å². The Labute approximate surface area is 181 Å². The molecule has 28 heavy (non-hydrogen) atoms. The van der Waals surface area contributed by atoms with Crippen LogP contribution in [0.2, 0.25) is 0 Å². The number of benzene rings is 1. The number of alkyl halides is 3. The highest BCUT2D eigenvalue weighted by atomic mass is 127. The van der Waals surface area contributed by atoms with Crippen molar-refractivity contribution in [3.8, 4) is 0 Å². The first-order chi connectivity index (χ1) is 13.0. The zero-order valence-electron chi connectivity index (χ0n) is 16.3. The lowest BCUT2D eigenvalue weighted by Gasteiger charge is -2.35. The Morgan fingerprint density at radius 2 is 2.14 bits per heavy atom. The number of halogens is 4. The van der Waals surface area contributed by atoms with E-state index in [1.165, 1.54) is 6.07 Å². The SMILES string of the molecule is CCOCCCCNC(=NC)N1CCOC(c2cccc(C(F)(F)F)c2)C1.I. The fourth-order valence-corrected chi connectivity index (χ4v) is 2.96. The molecule has 1 fully saturated rings. The van der Waals surface area contributed by atoms with Gasteiger partial charge in [-0.25, -0.2) is 0 Å². The molecule has 0 saturated carbocycles. The van der Waals surface area contributed by atoms with Crippen molar-refractivity contribution in [2.24, 2.45) is 4.99 Å². The van der Waals surface area contributed by atoms with Crippen LogP contribution in [0.4, 0.5) is 13.2 Å². The van der Waals surface area contributed by atoms with E-state index in [-0.39, 0.29) is 24.0 Å². The first kappa shape index (κ1) is 25.0. The van der Waals surface area contributed by atoms with Crippen molar-refractivity contribution in [3.63, 3.8) is 0 Å². The van der Waals surface area contributed by atoms with E-state index in [1.807, 2.05) is 11.8 Å². The summed E-state index contributed by atoms with van der Waals surface area (Å²) in [6.07, 6.45) is -2.85. The number of morpholine rings is 1. The standard InChI is InChI=1S/C19H28F3N3O2.HI/c1-3-26-11-5-4-9-24-18(23-2)25-10-12-27-17(14-25)15-7-6-8-16(13-15)19(20,21)22;/h6-8,13,17H,3-5,9-12,14H2,1-2H3,(H,23,24);1H. The van der Waals surface area contributed by atoms with Crippen LogP contribution in [0.25, 0.3) is 0 Å². The number of nitrogens with zero attached hydrogens (tertiary/aromatic N) is 2. The van der Waals surface area contributed by atoms with Crippen molar-refractivity contribution in [2.75, 3.05) is 46.5 Å². The van der Waals surface area contributed by atoms with Crippen LogP contribution in [0.5, 0.6) is 0 Å². The minimum Gasteiger partial charge on any atom is -0.382 e. The first-order valence-corrected chi connectivity index (χ1v) is 9.27. The number of hydrogen-bond donors (Lipinski definition) is 1. The molecule has 2 rings (SSSR count). The second kappa shape index (κ2) is 12.5. The fourth-order valence-electron chi connectivity index (χ4n) is 2.96. The maximum atomic E-state index is 13.0. The van der Waals surface area contributed by atoms with Gasteiger partial charge in [0.15, 0.2) is 5.96 Å². The topological polar surface area (TPSA) is 46.1 Å². The summed E-state index contributed by atoms with van der Waals surface area (Å²) in [5.41, 5.74) is -0.126. The Hall–Kier alpha value is -1.07. The average Bonchev–Trinajstić information content (AvgIpc) is 2.67. The number of rotatable bonds is 7. The summed E-state index contributed by atoms with van der Waals surface area (Å²) in [4.78, 5) is 6.32. The van der Waals surface area contributed by atoms with Crippen LogP contribution in [0.3, 0.4) is 0 Å². The van der Waals surface area contributed by atoms with Crippen LogP contribution in [0.15, 0.2) is 29.3 Å². The fraction of sp³-hybridized carbons (Fsp3) is 0.632. The second-order valence-corrected chi connectivity index (χ2v) is 6.31. The highest BCUT2D eigenvalue weighted by molar-refractivity contribution is 14.0. The van der Waals surface area contributed by atoms with Crippen molar-refractivity contribution in [3.05, 3.63) is 35.4 Å². The van der Waals surface area contributed by atoms with Crippen molar-refractivity contribution >= 4 is 29.9 Å². The zero-order chi connectivity index (χ0) is 19.7. The molecular formula is C19H29F3IN3O2. The van der Waals surface area contributed by atoms with E-state index in [4.69, 9.17) is 9.47 Å². The normalized spacial score (nSPS) is 18.0. The molecule has 160 valence electrons. The van der Waals surface area contributed by atoms with Gasteiger partial charge < -0.3 is 19.7 Å². The Kier molecular flexibility index (Phi) is 11.1. The number of guanidine groups is 1. The largest absolute Gasteiger partial charge is 0.416 e. The third-order valence-electron chi connectivity index (χ3n) is 4.37. The first-order valence-electron chi connectivity index (χ1n) is 9.27. The molecule has 1 N–H and O–H groups in total. The minimum atomic E-state index is -4.36. The predicted octanol–water partition coefficient (Wildman–Crippen LogP) is 4.09. The van der Waals surface area contributed by atoms with E-state index in [1.54, 1.807) is 13.1 Å². The maximum absolute atomic E-state index is 13.0. The quantitative estimate of drug-likeness (QED) is 0.257. The molecule has 1 heterocycles. The molecule has 1 aliphatic heterocycles. The smallest absolute Gasteiger partial charge is 0.382 e. The lowest BCUT2D eigenvalue weighted by Crippen LogP contribution is -2.48. The Bertz CT molecular complexity index is 614. The summed E-state index contributed by atoms with van der Waals surface area (Å²) < 4.78 is 49.9. The molecule has 1 aliphatic rings. The molecule has 1 aromatic rings. The molecule has 1 atom stereocenters. The van der Waals surface area contributed by atoms with Crippen molar-refractivity contribution in [2.45, 2.75) is 32.0 Å². The van der Waals surface area contributed by atoms with Crippen molar-refractivity contribution in [1.29, 1.82) is 0 Å². The maximum Gasteiger partial charge on any atom is 0.416 e. The summed E-state index contributed by atoms with van der Waals surface area (Å²) in [5, 5.41) is 3.31. The van der Waals surface area contributed by atoms with Gasteiger partial charge in [-0.1, -0.05) is 12.1 Å². The Morgan fingerprint density at radius 3 is 2.82 bits per heavy atom. The third-order valence-corrected chi connectivity index (χ3v) is 4.37. The molecule has 0 aliphatic carbocycles. The number of aliphatic imine (C=N–C) groups is 1. The summed E-state index contributed by atoms with van der Waals surface area (Å²) in [7, 11) is 1.71. The lowest BCUT2D eigenvalue weighted by atomic mass is 10.0. The monoisotopic (exact) mass is 515 g/mol. The molecule has 0 radical (unpaired) electrons. The zero-order valence-corrected chi connectivity index (χ0v) is 18.6. The highest BCUT2D eigenvalue weighted by Gasteiger charge is 2.32. The molecule has 0 bridgehead atoms. The van der Waals surface area contributed by atoms with E-state index in [2.05, 4.69) is 10.3 Å². The molecule has 9 heteroatoms. The molecule has 1 saturated heterocycles. The third kappa shape index (κ3) is 7.75. The highest BCUT2D eigenvalue weighted by Crippen LogP contribution is 2.32. The number of hydrogen-bond acceptors (Lipinski definition) is 3. The predicted molar refractivity (Wildman–Crippen MR) is 114 cm³/mol.